The van der Waals surface area contributed by atoms with Crippen molar-refractivity contribution < 1.29 is 13.5 Å². The Kier molecular flexibility index (Phi) is 3.89. The Bertz CT molecular complexity index is 699. The van der Waals surface area contributed by atoms with Gasteiger partial charge in [0.1, 0.15) is 5.75 Å². The zero-order valence-corrected chi connectivity index (χ0v) is 11.8. The second kappa shape index (κ2) is 5.28. The number of benzene rings is 2. The molecule has 0 heterocycles. The van der Waals surface area contributed by atoms with Crippen LogP contribution in [0.3, 0.4) is 0 Å². The van der Waals surface area contributed by atoms with Crippen LogP contribution >= 0.6 is 23.2 Å². The number of aromatic hydroxyl groups is 1. The van der Waals surface area contributed by atoms with Gasteiger partial charge in [-0.15, -0.1) is 0 Å². The molecule has 4 nitrogen and oxygen atoms in total. The van der Waals surface area contributed by atoms with Crippen LogP contribution in [0.5, 0.6) is 5.75 Å². The number of rotatable bonds is 3. The first-order valence-electron chi connectivity index (χ1n) is 5.15. The lowest BCUT2D eigenvalue weighted by atomic mass is 10.3. The van der Waals surface area contributed by atoms with Crippen LogP contribution in [-0.4, -0.2) is 13.5 Å². The number of hydrogen-bond donors (Lipinski definition) is 2. The van der Waals surface area contributed by atoms with E-state index in [1.54, 1.807) is 6.07 Å². The largest absolute Gasteiger partial charge is 0.508 e. The van der Waals surface area contributed by atoms with E-state index in [0.717, 1.165) is 0 Å². The molecule has 2 aromatic rings. The second-order valence-electron chi connectivity index (χ2n) is 3.72. The van der Waals surface area contributed by atoms with E-state index in [-0.39, 0.29) is 21.4 Å². The SMILES string of the molecule is O=S(=O)(Nc1cc(Cl)ccc1Cl)c1ccc(O)cc1. The van der Waals surface area contributed by atoms with Gasteiger partial charge in [0.05, 0.1) is 15.6 Å². The van der Waals surface area contributed by atoms with Crippen LogP contribution in [0.25, 0.3) is 0 Å². The van der Waals surface area contributed by atoms with Crippen LogP contribution in [0.15, 0.2) is 47.4 Å². The van der Waals surface area contributed by atoms with Crippen molar-refractivity contribution in [2.45, 2.75) is 4.90 Å². The number of halogens is 2. The minimum atomic E-state index is -3.77. The molecule has 2 rings (SSSR count). The topological polar surface area (TPSA) is 66.4 Å². The zero-order chi connectivity index (χ0) is 14.0. The minimum absolute atomic E-state index is 0.0141. The molecular weight excluding hydrogens is 309 g/mol. The van der Waals surface area contributed by atoms with E-state index in [0.29, 0.717) is 5.02 Å². The van der Waals surface area contributed by atoms with Gasteiger partial charge in [0.25, 0.3) is 10.0 Å². The molecule has 0 aromatic heterocycles. The van der Waals surface area contributed by atoms with Crippen LogP contribution < -0.4 is 4.72 Å². The monoisotopic (exact) mass is 317 g/mol. The van der Waals surface area contributed by atoms with Crippen LogP contribution in [0.1, 0.15) is 0 Å². The molecule has 0 amide bonds. The summed E-state index contributed by atoms with van der Waals surface area (Å²) >= 11 is 11.7. The number of phenolic OH excluding ortho intramolecular Hbond substituents is 1. The predicted molar refractivity (Wildman–Crippen MR) is 75.4 cm³/mol. The molecule has 0 atom stereocenters. The number of hydrogen-bond acceptors (Lipinski definition) is 3. The third kappa shape index (κ3) is 3.32. The summed E-state index contributed by atoms with van der Waals surface area (Å²) in [6.07, 6.45) is 0. The Morgan fingerprint density at radius 1 is 1.00 bits per heavy atom. The van der Waals surface area contributed by atoms with E-state index in [2.05, 4.69) is 4.72 Å². The van der Waals surface area contributed by atoms with E-state index >= 15 is 0 Å². The van der Waals surface area contributed by atoms with Crippen molar-refractivity contribution in [1.82, 2.24) is 0 Å². The van der Waals surface area contributed by atoms with Gasteiger partial charge in [-0.05, 0) is 42.5 Å². The summed E-state index contributed by atoms with van der Waals surface area (Å²) in [6, 6.07) is 9.62. The van der Waals surface area contributed by atoms with Gasteiger partial charge >= 0.3 is 0 Å². The fraction of sp³-hybridized carbons (Fsp3) is 0. The van der Waals surface area contributed by atoms with Gasteiger partial charge in [-0.1, -0.05) is 23.2 Å². The fourth-order valence-corrected chi connectivity index (χ4v) is 2.87. The maximum Gasteiger partial charge on any atom is 0.261 e. The lowest BCUT2D eigenvalue weighted by Crippen LogP contribution is -2.13. The molecule has 0 aliphatic carbocycles. The maximum atomic E-state index is 12.1. The van der Waals surface area contributed by atoms with Crippen molar-refractivity contribution in [3.05, 3.63) is 52.5 Å². The quantitative estimate of drug-likeness (QED) is 0.910. The molecule has 0 unspecified atom stereocenters. The Hall–Kier alpha value is -1.43. The summed E-state index contributed by atoms with van der Waals surface area (Å²) in [6.45, 7) is 0. The van der Waals surface area contributed by atoms with Crippen molar-refractivity contribution in [2.24, 2.45) is 0 Å². The Morgan fingerprint density at radius 3 is 2.26 bits per heavy atom. The normalized spacial score (nSPS) is 11.3. The Morgan fingerprint density at radius 2 is 1.63 bits per heavy atom. The number of sulfonamides is 1. The van der Waals surface area contributed by atoms with Gasteiger partial charge in [0.15, 0.2) is 0 Å². The molecule has 0 saturated heterocycles. The standard InChI is InChI=1S/C12H9Cl2NO3S/c13-8-1-6-11(14)12(7-8)15-19(17,18)10-4-2-9(16)3-5-10/h1-7,15-16H. The molecular formula is C12H9Cl2NO3S. The molecule has 0 aliphatic heterocycles. The molecule has 100 valence electrons. The van der Waals surface area contributed by atoms with Crippen LogP contribution in [0, 0.1) is 0 Å². The van der Waals surface area contributed by atoms with Crippen LogP contribution in [0.4, 0.5) is 5.69 Å². The molecule has 0 spiro atoms. The van der Waals surface area contributed by atoms with Gasteiger partial charge in [-0.25, -0.2) is 8.42 Å². The first-order chi connectivity index (χ1) is 8.88. The van der Waals surface area contributed by atoms with Crippen molar-refractivity contribution in [3.63, 3.8) is 0 Å². The highest BCUT2D eigenvalue weighted by Crippen LogP contribution is 2.28. The molecule has 19 heavy (non-hydrogen) atoms. The zero-order valence-electron chi connectivity index (χ0n) is 9.47. The smallest absolute Gasteiger partial charge is 0.261 e. The minimum Gasteiger partial charge on any atom is -0.508 e. The van der Waals surface area contributed by atoms with Gasteiger partial charge in [-0.3, -0.25) is 4.72 Å². The third-order valence-corrected chi connectivity index (χ3v) is 4.27. The van der Waals surface area contributed by atoms with Crippen LogP contribution in [0.2, 0.25) is 10.0 Å². The van der Waals surface area contributed by atoms with E-state index in [1.807, 2.05) is 0 Å². The van der Waals surface area contributed by atoms with E-state index in [9.17, 15) is 8.42 Å². The second-order valence-corrected chi connectivity index (χ2v) is 6.25. The Balaban J connectivity index is 2.36. The molecule has 2 aromatic carbocycles. The van der Waals surface area contributed by atoms with E-state index in [4.69, 9.17) is 28.3 Å². The number of anilines is 1. The Labute approximate surface area is 120 Å². The lowest BCUT2D eigenvalue weighted by molar-refractivity contribution is 0.475. The van der Waals surface area contributed by atoms with Crippen molar-refractivity contribution >= 4 is 38.9 Å². The van der Waals surface area contributed by atoms with Gasteiger partial charge < -0.3 is 5.11 Å². The molecule has 0 aliphatic rings. The summed E-state index contributed by atoms with van der Waals surface area (Å²) in [5.41, 5.74) is 0.197. The highest BCUT2D eigenvalue weighted by molar-refractivity contribution is 7.92. The van der Waals surface area contributed by atoms with E-state index in [1.165, 1.54) is 36.4 Å². The molecule has 0 bridgehead atoms. The fourth-order valence-electron chi connectivity index (χ4n) is 1.40. The molecule has 7 heteroatoms. The van der Waals surface area contributed by atoms with Gasteiger partial charge in [0, 0.05) is 5.02 Å². The summed E-state index contributed by atoms with van der Waals surface area (Å²) in [5.74, 6) is -0.0141. The van der Waals surface area contributed by atoms with Gasteiger partial charge in [-0.2, -0.15) is 0 Å². The number of nitrogens with one attached hydrogen (secondary N) is 1. The highest BCUT2D eigenvalue weighted by atomic mass is 35.5. The predicted octanol–water partition coefficient (Wildman–Crippen LogP) is 3.50. The third-order valence-electron chi connectivity index (χ3n) is 2.32. The summed E-state index contributed by atoms with van der Waals surface area (Å²) in [4.78, 5) is 0.0151. The molecule has 0 radical (unpaired) electrons. The van der Waals surface area contributed by atoms with Crippen molar-refractivity contribution in [3.8, 4) is 5.75 Å². The van der Waals surface area contributed by atoms with Gasteiger partial charge in [0.2, 0.25) is 0 Å². The summed E-state index contributed by atoms with van der Waals surface area (Å²) < 4.78 is 26.5. The molecule has 0 saturated carbocycles. The first kappa shape index (κ1) is 14.0. The number of phenols is 1. The molecule has 2 N–H and O–H groups in total. The average Bonchev–Trinajstić information content (AvgIpc) is 2.34. The first-order valence-corrected chi connectivity index (χ1v) is 7.39. The lowest BCUT2D eigenvalue weighted by Gasteiger charge is -2.10. The highest BCUT2D eigenvalue weighted by Gasteiger charge is 2.15. The average molecular weight is 318 g/mol. The van der Waals surface area contributed by atoms with Crippen molar-refractivity contribution in [1.29, 1.82) is 0 Å². The van der Waals surface area contributed by atoms with Crippen LogP contribution in [-0.2, 0) is 10.0 Å². The maximum absolute atomic E-state index is 12.1. The summed E-state index contributed by atoms with van der Waals surface area (Å²) in [5, 5.41) is 9.75. The van der Waals surface area contributed by atoms with E-state index < -0.39 is 10.0 Å². The van der Waals surface area contributed by atoms with Crippen molar-refractivity contribution in [2.75, 3.05) is 4.72 Å². The molecule has 0 fully saturated rings. The summed E-state index contributed by atoms with van der Waals surface area (Å²) in [7, 11) is -3.77.